The fourth-order valence-electron chi connectivity index (χ4n) is 1.62. The molecule has 2 amide bonds. The summed E-state index contributed by atoms with van der Waals surface area (Å²) in [5, 5.41) is 13.8. The van der Waals surface area contributed by atoms with Gasteiger partial charge in [0.1, 0.15) is 11.4 Å². The molecule has 0 radical (unpaired) electrons. The molecule has 4 N–H and O–H groups in total. The minimum Gasteiger partial charge on any atom is -0.409 e. The zero-order chi connectivity index (χ0) is 12.3. The molecule has 0 unspecified atom stereocenters. The van der Waals surface area contributed by atoms with Gasteiger partial charge in [0.15, 0.2) is 0 Å². The van der Waals surface area contributed by atoms with Gasteiger partial charge in [-0.15, -0.1) is 0 Å². The van der Waals surface area contributed by atoms with Crippen LogP contribution >= 0.6 is 0 Å². The zero-order valence-electron chi connectivity index (χ0n) is 9.36. The average molecular weight is 228 g/mol. The van der Waals surface area contributed by atoms with E-state index >= 15 is 0 Å². The van der Waals surface area contributed by atoms with Crippen molar-refractivity contribution in [3.8, 4) is 0 Å². The number of rotatable bonds is 2. The Morgan fingerprint density at radius 3 is 2.88 bits per heavy atom. The summed E-state index contributed by atoms with van der Waals surface area (Å²) in [6.45, 7) is 4.16. The molecule has 7 heteroatoms. The Bertz CT molecular complexity index is 338. The largest absolute Gasteiger partial charge is 0.409 e. The first kappa shape index (κ1) is 12.3. The van der Waals surface area contributed by atoms with Crippen LogP contribution < -0.4 is 11.1 Å². The molecule has 0 saturated carbocycles. The van der Waals surface area contributed by atoms with Gasteiger partial charge in [-0.1, -0.05) is 5.16 Å². The van der Waals surface area contributed by atoms with Gasteiger partial charge in [0.2, 0.25) is 11.8 Å². The van der Waals surface area contributed by atoms with E-state index < -0.39 is 5.54 Å². The number of carbonyl (C=O) groups excluding carboxylic acids is 2. The third kappa shape index (κ3) is 2.23. The van der Waals surface area contributed by atoms with Crippen LogP contribution in [-0.4, -0.2) is 46.4 Å². The van der Waals surface area contributed by atoms with E-state index in [4.69, 9.17) is 10.9 Å². The first-order valence-corrected chi connectivity index (χ1v) is 4.94. The maximum atomic E-state index is 11.8. The van der Waals surface area contributed by atoms with Crippen molar-refractivity contribution in [2.75, 3.05) is 13.1 Å². The lowest BCUT2D eigenvalue weighted by Crippen LogP contribution is -2.63. The van der Waals surface area contributed by atoms with Crippen molar-refractivity contribution in [1.82, 2.24) is 10.2 Å². The van der Waals surface area contributed by atoms with Crippen LogP contribution in [0.3, 0.4) is 0 Å². The highest BCUT2D eigenvalue weighted by Gasteiger charge is 2.40. The van der Waals surface area contributed by atoms with Gasteiger partial charge in [-0.05, 0) is 13.8 Å². The molecular formula is C9H16N4O3. The van der Waals surface area contributed by atoms with Gasteiger partial charge >= 0.3 is 0 Å². The van der Waals surface area contributed by atoms with Crippen LogP contribution in [0.2, 0.25) is 0 Å². The summed E-state index contributed by atoms with van der Waals surface area (Å²) in [7, 11) is 0. The number of nitrogens with one attached hydrogen (secondary N) is 1. The van der Waals surface area contributed by atoms with E-state index in [2.05, 4.69) is 10.5 Å². The Labute approximate surface area is 93.3 Å². The van der Waals surface area contributed by atoms with Crippen molar-refractivity contribution in [1.29, 1.82) is 0 Å². The van der Waals surface area contributed by atoms with Crippen molar-refractivity contribution in [3.05, 3.63) is 0 Å². The van der Waals surface area contributed by atoms with Crippen LogP contribution in [0.4, 0.5) is 0 Å². The molecule has 1 fully saturated rings. The van der Waals surface area contributed by atoms with Gasteiger partial charge in [0.05, 0.1) is 6.42 Å². The lowest BCUT2D eigenvalue weighted by Gasteiger charge is -2.41. The number of oxime groups is 1. The van der Waals surface area contributed by atoms with E-state index in [0.717, 1.165) is 0 Å². The molecule has 1 saturated heterocycles. The van der Waals surface area contributed by atoms with Crippen LogP contribution in [0.5, 0.6) is 0 Å². The van der Waals surface area contributed by atoms with E-state index in [-0.39, 0.29) is 24.1 Å². The number of nitrogens with two attached hydrogens (primary N) is 1. The molecule has 0 aromatic carbocycles. The highest BCUT2D eigenvalue weighted by Crippen LogP contribution is 2.18. The molecule has 1 aliphatic heterocycles. The molecule has 16 heavy (non-hydrogen) atoms. The second kappa shape index (κ2) is 4.38. The molecule has 0 aromatic rings. The number of amidine groups is 1. The van der Waals surface area contributed by atoms with Crippen molar-refractivity contribution < 1.29 is 14.8 Å². The normalized spacial score (nSPS) is 20.5. The van der Waals surface area contributed by atoms with E-state index in [0.29, 0.717) is 13.1 Å². The Hall–Kier alpha value is -1.79. The number of amides is 2. The fourth-order valence-corrected chi connectivity index (χ4v) is 1.62. The van der Waals surface area contributed by atoms with Crippen molar-refractivity contribution in [2.24, 2.45) is 10.9 Å². The maximum absolute atomic E-state index is 11.8. The van der Waals surface area contributed by atoms with Crippen molar-refractivity contribution >= 4 is 17.6 Å². The van der Waals surface area contributed by atoms with Crippen molar-refractivity contribution in [3.63, 3.8) is 0 Å². The number of piperazine rings is 1. The molecule has 0 aliphatic carbocycles. The number of nitrogens with zero attached hydrogens (tertiary/aromatic N) is 2. The SMILES string of the molecule is CC1(C)C(=O)NCCN1C(=O)CC(N)=NO. The number of carbonyl (C=O) groups is 2. The van der Waals surface area contributed by atoms with E-state index in [1.54, 1.807) is 13.8 Å². The third-order valence-electron chi connectivity index (χ3n) is 2.61. The molecular weight excluding hydrogens is 212 g/mol. The van der Waals surface area contributed by atoms with Crippen molar-refractivity contribution in [2.45, 2.75) is 25.8 Å². The Morgan fingerprint density at radius 1 is 1.69 bits per heavy atom. The molecule has 0 bridgehead atoms. The van der Waals surface area contributed by atoms with Gasteiger partial charge in [0.25, 0.3) is 0 Å². The summed E-state index contributed by atoms with van der Waals surface area (Å²) >= 11 is 0. The molecule has 1 aliphatic rings. The monoisotopic (exact) mass is 228 g/mol. The number of hydrogen-bond acceptors (Lipinski definition) is 4. The molecule has 1 rings (SSSR count). The smallest absolute Gasteiger partial charge is 0.245 e. The van der Waals surface area contributed by atoms with Crippen LogP contribution in [0, 0.1) is 0 Å². The van der Waals surface area contributed by atoms with Gasteiger partial charge in [0, 0.05) is 13.1 Å². The van der Waals surface area contributed by atoms with Crippen LogP contribution in [0.15, 0.2) is 5.16 Å². The molecule has 0 aromatic heterocycles. The van der Waals surface area contributed by atoms with Gasteiger partial charge in [-0.25, -0.2) is 0 Å². The predicted molar refractivity (Wildman–Crippen MR) is 56.8 cm³/mol. The molecule has 0 atom stereocenters. The first-order valence-electron chi connectivity index (χ1n) is 4.94. The summed E-state index contributed by atoms with van der Waals surface area (Å²) in [5.74, 6) is -0.687. The summed E-state index contributed by atoms with van der Waals surface area (Å²) in [4.78, 5) is 24.8. The van der Waals surface area contributed by atoms with E-state index in [9.17, 15) is 9.59 Å². The lowest BCUT2D eigenvalue weighted by atomic mass is 9.98. The van der Waals surface area contributed by atoms with E-state index in [1.807, 2.05) is 0 Å². The summed E-state index contributed by atoms with van der Waals surface area (Å²) in [6, 6.07) is 0. The van der Waals surface area contributed by atoms with Gasteiger partial charge in [-0.2, -0.15) is 0 Å². The highest BCUT2D eigenvalue weighted by atomic mass is 16.4. The van der Waals surface area contributed by atoms with Crippen LogP contribution in [-0.2, 0) is 9.59 Å². The Morgan fingerprint density at radius 2 is 2.31 bits per heavy atom. The molecule has 1 heterocycles. The average Bonchev–Trinajstić information content (AvgIpc) is 2.21. The minimum absolute atomic E-state index is 0.160. The quantitative estimate of drug-likeness (QED) is 0.240. The predicted octanol–water partition coefficient (Wildman–Crippen LogP) is -1.14. The van der Waals surface area contributed by atoms with Crippen LogP contribution in [0.1, 0.15) is 20.3 Å². The van der Waals surface area contributed by atoms with Gasteiger partial charge < -0.3 is 21.2 Å². The highest BCUT2D eigenvalue weighted by molar-refractivity contribution is 6.01. The Kier molecular flexibility index (Phi) is 3.36. The van der Waals surface area contributed by atoms with E-state index in [1.165, 1.54) is 4.90 Å². The Balaban J connectivity index is 2.78. The molecule has 90 valence electrons. The summed E-state index contributed by atoms with van der Waals surface area (Å²) in [5.41, 5.74) is 4.36. The zero-order valence-corrected chi connectivity index (χ0v) is 9.36. The summed E-state index contributed by atoms with van der Waals surface area (Å²) in [6.07, 6.45) is -0.187. The second-order valence-electron chi connectivity index (χ2n) is 4.13. The first-order chi connectivity index (χ1) is 7.39. The molecule has 7 nitrogen and oxygen atoms in total. The number of hydrogen-bond donors (Lipinski definition) is 3. The van der Waals surface area contributed by atoms with Gasteiger partial charge in [-0.3, -0.25) is 9.59 Å². The molecule has 0 spiro atoms. The fraction of sp³-hybridized carbons (Fsp3) is 0.667. The summed E-state index contributed by atoms with van der Waals surface area (Å²) < 4.78 is 0. The standard InChI is InChI=1S/C9H16N4O3/c1-9(2)8(15)11-3-4-13(9)7(14)5-6(10)12-16/h16H,3-5H2,1-2H3,(H2,10,12)(H,11,15). The lowest BCUT2D eigenvalue weighted by molar-refractivity contribution is -0.148. The minimum atomic E-state index is -0.898. The maximum Gasteiger partial charge on any atom is 0.245 e. The van der Waals surface area contributed by atoms with Crippen LogP contribution in [0.25, 0.3) is 0 Å². The second-order valence-corrected chi connectivity index (χ2v) is 4.13. The topological polar surface area (TPSA) is 108 Å². The third-order valence-corrected chi connectivity index (χ3v) is 2.61.